The minimum Gasteiger partial charge on any atom is -0.311 e. The summed E-state index contributed by atoms with van der Waals surface area (Å²) < 4.78 is 0. The molecule has 3 heteroatoms. The van der Waals surface area contributed by atoms with E-state index in [-0.39, 0.29) is 0 Å². The second-order valence-electron chi connectivity index (χ2n) is 5.76. The molecule has 98 valence electrons. The van der Waals surface area contributed by atoms with E-state index in [4.69, 9.17) is 11.6 Å². The van der Waals surface area contributed by atoms with E-state index in [2.05, 4.69) is 30.1 Å². The second kappa shape index (κ2) is 5.73. The summed E-state index contributed by atoms with van der Waals surface area (Å²) in [6.45, 7) is 7.99. The molecule has 1 aliphatic heterocycles. The summed E-state index contributed by atoms with van der Waals surface area (Å²) in [6.07, 6.45) is 7.42. The maximum atomic E-state index is 5.68. The Balaban J connectivity index is 2.01. The highest BCUT2D eigenvalue weighted by atomic mass is 35.5. The summed E-state index contributed by atoms with van der Waals surface area (Å²) in [5, 5.41) is 3.74. The van der Waals surface area contributed by atoms with Gasteiger partial charge in [0.15, 0.2) is 0 Å². The first kappa shape index (κ1) is 13.4. The number of piperazine rings is 1. The van der Waals surface area contributed by atoms with Crippen LogP contribution in [-0.2, 0) is 0 Å². The van der Waals surface area contributed by atoms with E-state index in [0.29, 0.717) is 11.6 Å². The van der Waals surface area contributed by atoms with Crippen molar-refractivity contribution >= 4 is 11.6 Å². The molecule has 1 saturated heterocycles. The molecule has 1 aliphatic carbocycles. The molecule has 1 saturated carbocycles. The predicted octanol–water partition coefficient (Wildman–Crippen LogP) is 2.98. The highest BCUT2D eigenvalue weighted by Gasteiger charge is 2.47. The van der Waals surface area contributed by atoms with Crippen LogP contribution in [0.1, 0.15) is 39.5 Å². The fraction of sp³-hybridized carbons (Fsp3) is 0.857. The standard InChI is InChI=1S/C14H25ClN2/c1-3-5-13-10-17(9-4-8-15)14(2,11-16-13)12-6-7-12/h4,8,12-13,16H,3,5-7,9-11H2,1-2H3/b8-4+. The molecule has 2 unspecified atom stereocenters. The van der Waals surface area contributed by atoms with Crippen molar-refractivity contribution in [2.24, 2.45) is 5.92 Å². The molecule has 0 aromatic carbocycles. The zero-order valence-electron chi connectivity index (χ0n) is 11.1. The molecule has 0 bridgehead atoms. The number of nitrogens with zero attached hydrogens (tertiary/aromatic N) is 1. The Morgan fingerprint density at radius 3 is 2.82 bits per heavy atom. The van der Waals surface area contributed by atoms with Crippen LogP contribution in [0.25, 0.3) is 0 Å². The first-order valence-corrected chi connectivity index (χ1v) is 7.38. The Kier molecular flexibility index (Phi) is 4.51. The smallest absolute Gasteiger partial charge is 0.0337 e. The molecule has 2 rings (SSSR count). The van der Waals surface area contributed by atoms with Crippen molar-refractivity contribution in [3.05, 3.63) is 11.6 Å². The average molecular weight is 257 g/mol. The van der Waals surface area contributed by atoms with Crippen molar-refractivity contribution in [3.8, 4) is 0 Å². The van der Waals surface area contributed by atoms with Crippen LogP contribution >= 0.6 is 11.6 Å². The van der Waals surface area contributed by atoms with Gasteiger partial charge < -0.3 is 5.32 Å². The quantitative estimate of drug-likeness (QED) is 0.814. The van der Waals surface area contributed by atoms with E-state index in [1.54, 1.807) is 5.54 Å². The minimum atomic E-state index is 0.348. The van der Waals surface area contributed by atoms with Gasteiger partial charge in [-0.2, -0.15) is 0 Å². The van der Waals surface area contributed by atoms with E-state index < -0.39 is 0 Å². The topological polar surface area (TPSA) is 15.3 Å². The van der Waals surface area contributed by atoms with Gasteiger partial charge in [0.1, 0.15) is 0 Å². The second-order valence-corrected chi connectivity index (χ2v) is 6.02. The van der Waals surface area contributed by atoms with Crippen molar-refractivity contribution in [1.82, 2.24) is 10.2 Å². The summed E-state index contributed by atoms with van der Waals surface area (Å²) in [5.41, 5.74) is 2.00. The van der Waals surface area contributed by atoms with Crippen LogP contribution < -0.4 is 5.32 Å². The van der Waals surface area contributed by atoms with Gasteiger partial charge >= 0.3 is 0 Å². The summed E-state index contributed by atoms with van der Waals surface area (Å²) >= 11 is 5.68. The number of hydrogen-bond donors (Lipinski definition) is 1. The first-order chi connectivity index (χ1) is 8.20. The van der Waals surface area contributed by atoms with E-state index in [9.17, 15) is 0 Å². The van der Waals surface area contributed by atoms with Gasteiger partial charge in [-0.3, -0.25) is 4.90 Å². The number of hydrogen-bond acceptors (Lipinski definition) is 2. The lowest BCUT2D eigenvalue weighted by molar-refractivity contribution is 0.0439. The molecule has 2 nitrogen and oxygen atoms in total. The maximum absolute atomic E-state index is 5.68. The molecular formula is C14H25ClN2. The van der Waals surface area contributed by atoms with Gasteiger partial charge in [0.2, 0.25) is 0 Å². The summed E-state index contributed by atoms with van der Waals surface area (Å²) in [4.78, 5) is 2.64. The SMILES string of the molecule is CCCC1CN(C/C=C/Cl)C(C)(C2CC2)CN1. The van der Waals surface area contributed by atoms with Crippen LogP contribution in [0, 0.1) is 5.92 Å². The fourth-order valence-electron chi connectivity index (χ4n) is 3.10. The van der Waals surface area contributed by atoms with Crippen LogP contribution in [0.4, 0.5) is 0 Å². The molecule has 17 heavy (non-hydrogen) atoms. The normalized spacial score (nSPS) is 35.6. The molecule has 0 spiro atoms. The van der Waals surface area contributed by atoms with Crippen LogP contribution in [0.3, 0.4) is 0 Å². The molecule has 2 fully saturated rings. The Hall–Kier alpha value is -0.0500. The van der Waals surface area contributed by atoms with E-state index >= 15 is 0 Å². The molecule has 1 N–H and O–H groups in total. The third-order valence-corrected chi connectivity index (χ3v) is 4.60. The third kappa shape index (κ3) is 3.04. The largest absolute Gasteiger partial charge is 0.311 e. The Bertz CT molecular complexity index is 275. The number of nitrogens with one attached hydrogen (secondary N) is 1. The van der Waals surface area contributed by atoms with Gasteiger partial charge in [-0.25, -0.2) is 0 Å². The molecule has 0 radical (unpaired) electrons. The summed E-state index contributed by atoms with van der Waals surface area (Å²) in [6, 6.07) is 0.663. The van der Waals surface area contributed by atoms with Gasteiger partial charge in [0, 0.05) is 36.8 Å². The maximum Gasteiger partial charge on any atom is 0.0337 e. The van der Waals surface area contributed by atoms with Crippen LogP contribution in [0.5, 0.6) is 0 Å². The highest BCUT2D eigenvalue weighted by Crippen LogP contribution is 2.44. The van der Waals surface area contributed by atoms with Crippen molar-refractivity contribution in [2.45, 2.75) is 51.1 Å². The zero-order chi connectivity index (χ0) is 12.3. The van der Waals surface area contributed by atoms with Crippen molar-refractivity contribution in [1.29, 1.82) is 0 Å². The minimum absolute atomic E-state index is 0.348. The molecule has 0 amide bonds. The molecule has 1 heterocycles. The Morgan fingerprint density at radius 2 is 2.24 bits per heavy atom. The zero-order valence-corrected chi connectivity index (χ0v) is 11.8. The summed E-state index contributed by atoms with van der Waals surface area (Å²) in [5.74, 6) is 0.890. The highest BCUT2D eigenvalue weighted by molar-refractivity contribution is 6.25. The Morgan fingerprint density at radius 1 is 1.47 bits per heavy atom. The van der Waals surface area contributed by atoms with Crippen molar-refractivity contribution in [2.75, 3.05) is 19.6 Å². The molecule has 0 aromatic rings. The predicted molar refractivity (Wildman–Crippen MR) is 74.4 cm³/mol. The monoisotopic (exact) mass is 256 g/mol. The van der Waals surface area contributed by atoms with E-state index in [1.807, 2.05) is 0 Å². The molecular weight excluding hydrogens is 232 g/mol. The van der Waals surface area contributed by atoms with Crippen molar-refractivity contribution in [3.63, 3.8) is 0 Å². The fourth-order valence-corrected chi connectivity index (χ4v) is 3.18. The molecule has 0 aromatic heterocycles. The number of rotatable bonds is 5. The Labute approximate surface area is 110 Å². The van der Waals surface area contributed by atoms with Gasteiger partial charge in [0.05, 0.1) is 0 Å². The number of halogens is 1. The summed E-state index contributed by atoms with van der Waals surface area (Å²) in [7, 11) is 0. The lowest BCUT2D eigenvalue weighted by atomic mass is 9.89. The molecule has 2 atom stereocenters. The molecule has 2 aliphatic rings. The van der Waals surface area contributed by atoms with Gasteiger partial charge in [0.25, 0.3) is 0 Å². The van der Waals surface area contributed by atoms with Crippen LogP contribution in [-0.4, -0.2) is 36.1 Å². The van der Waals surface area contributed by atoms with Crippen LogP contribution in [0.15, 0.2) is 11.6 Å². The van der Waals surface area contributed by atoms with Gasteiger partial charge in [-0.05, 0) is 32.1 Å². The van der Waals surface area contributed by atoms with Crippen LogP contribution in [0.2, 0.25) is 0 Å². The van der Waals surface area contributed by atoms with E-state index in [0.717, 1.165) is 19.0 Å². The third-order valence-electron chi connectivity index (χ3n) is 4.42. The van der Waals surface area contributed by atoms with Gasteiger partial charge in [-0.1, -0.05) is 31.0 Å². The van der Waals surface area contributed by atoms with E-state index in [1.165, 1.54) is 32.2 Å². The lowest BCUT2D eigenvalue weighted by Gasteiger charge is -2.48. The average Bonchev–Trinajstić information content (AvgIpc) is 3.14. The van der Waals surface area contributed by atoms with Gasteiger partial charge in [-0.15, -0.1) is 0 Å². The van der Waals surface area contributed by atoms with Crippen molar-refractivity contribution < 1.29 is 0 Å². The first-order valence-electron chi connectivity index (χ1n) is 6.94. The lowest BCUT2D eigenvalue weighted by Crippen LogP contribution is -2.64.